The summed E-state index contributed by atoms with van der Waals surface area (Å²) in [6, 6.07) is 6.62. The fourth-order valence-corrected chi connectivity index (χ4v) is 5.57. The molecule has 2 nitrogen and oxygen atoms in total. The zero-order valence-electron chi connectivity index (χ0n) is 14.0. The minimum atomic E-state index is -0.0221. The Labute approximate surface area is 138 Å². The number of hydrogen-bond donors (Lipinski definition) is 0. The number of Topliss-reactive ketones (excluding diaryl/α,β-unsaturated/α-hetero) is 1. The molecule has 3 aliphatic carbocycles. The van der Waals surface area contributed by atoms with E-state index in [0.717, 1.165) is 31.4 Å². The molecule has 0 heterocycles. The lowest BCUT2D eigenvalue weighted by molar-refractivity contribution is -0.129. The molecular formula is C21H26O2. The highest BCUT2D eigenvalue weighted by atomic mass is 16.5. The molecule has 1 aromatic rings. The van der Waals surface area contributed by atoms with Gasteiger partial charge in [-0.3, -0.25) is 4.79 Å². The number of benzene rings is 1. The fraction of sp³-hybridized carbons (Fsp3) is 0.571. The van der Waals surface area contributed by atoms with Crippen LogP contribution in [-0.4, -0.2) is 12.4 Å². The minimum absolute atomic E-state index is 0.0221. The molecule has 122 valence electrons. The van der Waals surface area contributed by atoms with E-state index >= 15 is 0 Å². The predicted octanol–water partition coefficient (Wildman–Crippen LogP) is 4.68. The Morgan fingerprint density at radius 3 is 3.00 bits per heavy atom. The second-order valence-electron chi connectivity index (χ2n) is 7.79. The molecule has 0 radical (unpaired) electrons. The lowest BCUT2D eigenvalue weighted by Gasteiger charge is -2.48. The van der Waals surface area contributed by atoms with Crippen LogP contribution in [0.5, 0.6) is 5.75 Å². The smallest absolute Gasteiger partial charge is 0.139 e. The zero-order valence-corrected chi connectivity index (χ0v) is 14.0. The van der Waals surface area contributed by atoms with Gasteiger partial charge in [0.2, 0.25) is 0 Å². The Morgan fingerprint density at radius 2 is 2.17 bits per heavy atom. The van der Waals surface area contributed by atoms with Crippen molar-refractivity contribution in [3.8, 4) is 5.75 Å². The van der Waals surface area contributed by atoms with Crippen LogP contribution < -0.4 is 4.74 Å². The molecule has 4 atom stereocenters. The quantitative estimate of drug-likeness (QED) is 0.758. The van der Waals surface area contributed by atoms with Gasteiger partial charge >= 0.3 is 0 Å². The van der Waals surface area contributed by atoms with Crippen LogP contribution in [0.2, 0.25) is 0 Å². The van der Waals surface area contributed by atoms with Crippen molar-refractivity contribution in [3.63, 3.8) is 0 Å². The lowest BCUT2D eigenvalue weighted by atomic mass is 9.55. The largest absolute Gasteiger partial charge is 0.490 e. The van der Waals surface area contributed by atoms with Crippen molar-refractivity contribution < 1.29 is 9.53 Å². The molecule has 0 spiro atoms. The van der Waals surface area contributed by atoms with Crippen LogP contribution in [0.3, 0.4) is 0 Å². The first-order chi connectivity index (χ1) is 11.1. The van der Waals surface area contributed by atoms with Crippen molar-refractivity contribution in [1.29, 1.82) is 0 Å². The molecule has 2 fully saturated rings. The molecule has 0 aliphatic heterocycles. The summed E-state index contributed by atoms with van der Waals surface area (Å²) in [5.41, 5.74) is 2.96. The Morgan fingerprint density at radius 1 is 1.30 bits per heavy atom. The standard InChI is InChI=1S/C21H26O2/c1-3-12-23-15-5-7-16-14(13-15)4-6-18-17(16)10-11-21(2)19(18)8-9-20(21)22/h3,5,7,13,17-19H,1,4,6,8-12H2,2H3/t17-,18-,19-,21-/m0/s1. The molecule has 0 bridgehead atoms. The molecular weight excluding hydrogens is 284 g/mol. The van der Waals surface area contributed by atoms with Crippen molar-refractivity contribution in [2.45, 2.75) is 51.4 Å². The molecule has 2 saturated carbocycles. The summed E-state index contributed by atoms with van der Waals surface area (Å²) < 4.78 is 5.69. The number of ketones is 1. The highest BCUT2D eigenvalue weighted by Gasteiger charge is 2.54. The molecule has 0 unspecified atom stereocenters. The average Bonchev–Trinajstić information content (AvgIpc) is 2.88. The normalized spacial score (nSPS) is 35.2. The molecule has 2 heteroatoms. The molecule has 3 aliphatic rings. The highest BCUT2D eigenvalue weighted by molar-refractivity contribution is 5.87. The molecule has 0 saturated heterocycles. The van der Waals surface area contributed by atoms with E-state index in [4.69, 9.17) is 4.74 Å². The van der Waals surface area contributed by atoms with Crippen LogP contribution in [0.4, 0.5) is 0 Å². The summed E-state index contributed by atoms with van der Waals surface area (Å²) in [7, 11) is 0. The molecule has 4 rings (SSSR count). The molecule has 1 aromatic carbocycles. The maximum atomic E-state index is 12.4. The average molecular weight is 310 g/mol. The van der Waals surface area contributed by atoms with Gasteiger partial charge in [-0.25, -0.2) is 0 Å². The minimum Gasteiger partial charge on any atom is -0.490 e. The van der Waals surface area contributed by atoms with E-state index in [2.05, 4.69) is 31.7 Å². The third-order valence-electron chi connectivity index (χ3n) is 6.77. The summed E-state index contributed by atoms with van der Waals surface area (Å²) >= 11 is 0. The maximum Gasteiger partial charge on any atom is 0.139 e. The number of fused-ring (bicyclic) bond motifs is 5. The van der Waals surface area contributed by atoms with Crippen molar-refractivity contribution in [2.24, 2.45) is 17.3 Å². The molecule has 0 amide bonds. The Kier molecular flexibility index (Phi) is 3.59. The number of carbonyl (C=O) groups is 1. The van der Waals surface area contributed by atoms with E-state index in [1.54, 1.807) is 6.08 Å². The van der Waals surface area contributed by atoms with Gasteiger partial charge in [0.15, 0.2) is 0 Å². The SMILES string of the molecule is C=CCOc1ccc2c(c1)CC[C@H]1[C@H]2CC[C@]2(C)C(=O)CC[C@@H]12. The first kappa shape index (κ1) is 15.0. The van der Waals surface area contributed by atoms with E-state index < -0.39 is 0 Å². The first-order valence-corrected chi connectivity index (χ1v) is 9.03. The molecule has 0 N–H and O–H groups in total. The number of aryl methyl sites for hydroxylation is 1. The molecule has 0 aromatic heterocycles. The van der Waals surface area contributed by atoms with Gasteiger partial charge in [-0.2, -0.15) is 0 Å². The van der Waals surface area contributed by atoms with E-state index in [-0.39, 0.29) is 5.41 Å². The van der Waals surface area contributed by atoms with Crippen LogP contribution in [0.15, 0.2) is 30.9 Å². The predicted molar refractivity (Wildman–Crippen MR) is 91.8 cm³/mol. The van der Waals surface area contributed by atoms with Crippen molar-refractivity contribution in [2.75, 3.05) is 6.61 Å². The number of carbonyl (C=O) groups excluding carboxylic acids is 1. The van der Waals surface area contributed by atoms with Gasteiger partial charge in [-0.15, -0.1) is 0 Å². The van der Waals surface area contributed by atoms with Crippen LogP contribution in [0.1, 0.15) is 56.1 Å². The van der Waals surface area contributed by atoms with Crippen LogP contribution in [0, 0.1) is 17.3 Å². The van der Waals surface area contributed by atoms with E-state index in [0.29, 0.717) is 30.1 Å². The molecule has 23 heavy (non-hydrogen) atoms. The van der Waals surface area contributed by atoms with Gasteiger partial charge in [0.25, 0.3) is 0 Å². The van der Waals surface area contributed by atoms with Gasteiger partial charge in [-0.1, -0.05) is 25.6 Å². The van der Waals surface area contributed by atoms with Gasteiger partial charge in [-0.05, 0) is 73.1 Å². The van der Waals surface area contributed by atoms with Crippen molar-refractivity contribution >= 4 is 5.78 Å². The second kappa shape index (κ2) is 5.51. The highest BCUT2D eigenvalue weighted by Crippen LogP contribution is 2.59. The van der Waals surface area contributed by atoms with Gasteiger partial charge in [0.05, 0.1) is 0 Å². The number of rotatable bonds is 3. The van der Waals surface area contributed by atoms with E-state index in [1.165, 1.54) is 24.0 Å². The zero-order chi connectivity index (χ0) is 16.0. The van der Waals surface area contributed by atoms with Crippen LogP contribution >= 0.6 is 0 Å². The summed E-state index contributed by atoms with van der Waals surface area (Å²) in [5, 5.41) is 0. The van der Waals surface area contributed by atoms with Gasteiger partial charge in [0.1, 0.15) is 18.1 Å². The van der Waals surface area contributed by atoms with E-state index in [9.17, 15) is 4.79 Å². The summed E-state index contributed by atoms with van der Waals surface area (Å²) in [6.45, 7) is 6.51. The Bertz CT molecular complexity index is 647. The summed E-state index contributed by atoms with van der Waals surface area (Å²) in [4.78, 5) is 12.4. The van der Waals surface area contributed by atoms with Crippen LogP contribution in [0.25, 0.3) is 0 Å². The monoisotopic (exact) mass is 310 g/mol. The van der Waals surface area contributed by atoms with Gasteiger partial charge in [0, 0.05) is 11.8 Å². The first-order valence-electron chi connectivity index (χ1n) is 9.03. The van der Waals surface area contributed by atoms with Crippen LogP contribution in [-0.2, 0) is 11.2 Å². The number of hydrogen-bond acceptors (Lipinski definition) is 2. The second-order valence-corrected chi connectivity index (χ2v) is 7.79. The third kappa shape index (κ3) is 2.26. The topological polar surface area (TPSA) is 26.3 Å². The van der Waals surface area contributed by atoms with Gasteiger partial charge < -0.3 is 4.74 Å². The van der Waals surface area contributed by atoms with Crippen molar-refractivity contribution in [1.82, 2.24) is 0 Å². The Hall–Kier alpha value is -1.57. The fourth-order valence-electron chi connectivity index (χ4n) is 5.57. The van der Waals surface area contributed by atoms with E-state index in [1.807, 2.05) is 0 Å². The summed E-state index contributed by atoms with van der Waals surface area (Å²) in [5.74, 6) is 3.45. The van der Waals surface area contributed by atoms with Crippen molar-refractivity contribution in [3.05, 3.63) is 42.0 Å². The lowest BCUT2D eigenvalue weighted by Crippen LogP contribution is -2.42. The third-order valence-corrected chi connectivity index (χ3v) is 6.77. The number of ether oxygens (including phenoxy) is 1. The Balaban J connectivity index is 1.62. The maximum absolute atomic E-state index is 12.4. The summed E-state index contributed by atoms with van der Waals surface area (Å²) in [6.07, 6.45) is 8.32.